The van der Waals surface area contributed by atoms with Crippen LogP contribution in [0.3, 0.4) is 0 Å². The summed E-state index contributed by atoms with van der Waals surface area (Å²) in [5.74, 6) is -1.20. The summed E-state index contributed by atoms with van der Waals surface area (Å²) in [6.07, 6.45) is 2.42. The second kappa shape index (κ2) is 7.87. The summed E-state index contributed by atoms with van der Waals surface area (Å²) in [6, 6.07) is 1.75. The number of carbonyl (C=O) groups is 3. The molecule has 0 bridgehead atoms. The van der Waals surface area contributed by atoms with Gasteiger partial charge in [0, 0.05) is 23.9 Å². The van der Waals surface area contributed by atoms with Crippen LogP contribution >= 0.6 is 11.3 Å². The van der Waals surface area contributed by atoms with Gasteiger partial charge in [-0.25, -0.2) is 4.98 Å². The third-order valence-electron chi connectivity index (χ3n) is 4.64. The molecule has 0 aliphatic carbocycles. The van der Waals surface area contributed by atoms with Crippen molar-refractivity contribution >= 4 is 39.3 Å². The molecule has 1 aliphatic rings. The number of hydrogen-bond acceptors (Lipinski definition) is 6. The molecule has 1 aliphatic heterocycles. The number of rotatable bonds is 5. The predicted octanol–water partition coefficient (Wildman–Crippen LogP) is -0.393. The zero-order valence-corrected chi connectivity index (χ0v) is 15.8. The summed E-state index contributed by atoms with van der Waals surface area (Å²) in [5.41, 5.74) is 5.00. The van der Waals surface area contributed by atoms with Crippen molar-refractivity contribution in [3.8, 4) is 0 Å². The van der Waals surface area contributed by atoms with Crippen LogP contribution in [0.5, 0.6) is 0 Å². The Hall–Kier alpha value is -2.75. The van der Waals surface area contributed by atoms with Gasteiger partial charge in [0.1, 0.15) is 11.4 Å². The van der Waals surface area contributed by atoms with Gasteiger partial charge < -0.3 is 16.0 Å². The van der Waals surface area contributed by atoms with Crippen LogP contribution in [0.4, 0.5) is 0 Å². The summed E-state index contributed by atoms with van der Waals surface area (Å²) in [4.78, 5) is 55.3. The molecule has 0 atom stereocenters. The lowest BCUT2D eigenvalue weighted by atomic mass is 9.96. The largest absolute Gasteiger partial charge is 0.369 e. The van der Waals surface area contributed by atoms with Crippen LogP contribution in [0.15, 0.2) is 17.2 Å². The normalized spacial score (nSPS) is 15.1. The highest BCUT2D eigenvalue weighted by Crippen LogP contribution is 2.19. The summed E-state index contributed by atoms with van der Waals surface area (Å²) in [5, 5.41) is 3.02. The van der Waals surface area contributed by atoms with Gasteiger partial charge in [0.15, 0.2) is 0 Å². The fourth-order valence-electron chi connectivity index (χ4n) is 3.10. The quantitative estimate of drug-likeness (QED) is 0.717. The number of piperidine rings is 1. The van der Waals surface area contributed by atoms with Crippen molar-refractivity contribution in [1.82, 2.24) is 19.8 Å². The number of hydrogen-bond donors (Lipinski definition) is 2. The van der Waals surface area contributed by atoms with E-state index in [1.165, 1.54) is 22.2 Å². The molecule has 144 valence electrons. The van der Waals surface area contributed by atoms with Crippen LogP contribution in [-0.2, 0) is 20.9 Å². The minimum atomic E-state index is -0.439. The van der Waals surface area contributed by atoms with Gasteiger partial charge in [-0.15, -0.1) is 11.3 Å². The number of aryl methyl sites for hydroxylation is 1. The number of fused-ring (bicyclic) bond motifs is 1. The third-order valence-corrected chi connectivity index (χ3v) is 5.60. The number of nitrogens with one attached hydrogen (secondary N) is 1. The second-order valence-corrected chi connectivity index (χ2v) is 7.82. The summed E-state index contributed by atoms with van der Waals surface area (Å²) >= 11 is 1.42. The molecule has 10 heteroatoms. The topological polar surface area (TPSA) is 127 Å². The number of thiophene rings is 1. The monoisotopic (exact) mass is 391 g/mol. The molecule has 1 fully saturated rings. The first-order valence-corrected chi connectivity index (χ1v) is 9.46. The molecule has 27 heavy (non-hydrogen) atoms. The number of carbonyl (C=O) groups excluding carboxylic acids is 3. The molecule has 1 saturated heterocycles. The first-order chi connectivity index (χ1) is 12.8. The van der Waals surface area contributed by atoms with E-state index in [0.29, 0.717) is 36.1 Å². The van der Waals surface area contributed by atoms with Gasteiger partial charge in [0.2, 0.25) is 17.7 Å². The molecule has 2 aromatic heterocycles. The lowest BCUT2D eigenvalue weighted by Crippen LogP contribution is -2.46. The van der Waals surface area contributed by atoms with Crippen LogP contribution in [-0.4, -0.2) is 51.8 Å². The number of likely N-dealkylation sites (tertiary alicyclic amines) is 1. The highest BCUT2D eigenvalue weighted by atomic mass is 32.1. The van der Waals surface area contributed by atoms with Gasteiger partial charge >= 0.3 is 0 Å². The van der Waals surface area contributed by atoms with Crippen LogP contribution in [0.1, 0.15) is 17.7 Å². The smallest absolute Gasteiger partial charge is 0.262 e. The average Bonchev–Trinajstić information content (AvgIpc) is 3.03. The SMILES string of the molecule is Cc1cc2c(=O)n(CC(=O)NCC(=O)N3CCC(C(N)=O)CC3)cnc2s1. The lowest BCUT2D eigenvalue weighted by Gasteiger charge is -2.30. The number of amides is 3. The van der Waals surface area contributed by atoms with E-state index in [9.17, 15) is 19.2 Å². The van der Waals surface area contributed by atoms with Gasteiger partial charge in [0.25, 0.3) is 5.56 Å². The molecule has 0 spiro atoms. The Kier molecular flexibility index (Phi) is 5.54. The maximum Gasteiger partial charge on any atom is 0.262 e. The molecule has 0 saturated carbocycles. The van der Waals surface area contributed by atoms with Crippen molar-refractivity contribution in [2.45, 2.75) is 26.3 Å². The summed E-state index contributed by atoms with van der Waals surface area (Å²) < 4.78 is 1.23. The molecule has 3 rings (SSSR count). The Morgan fingerprint density at radius 3 is 2.70 bits per heavy atom. The van der Waals surface area contributed by atoms with E-state index in [1.54, 1.807) is 11.0 Å². The number of aromatic nitrogens is 2. The highest BCUT2D eigenvalue weighted by molar-refractivity contribution is 7.18. The van der Waals surface area contributed by atoms with Crippen LogP contribution in [0, 0.1) is 12.8 Å². The second-order valence-electron chi connectivity index (χ2n) is 6.59. The third kappa shape index (κ3) is 4.33. The molecule has 0 aromatic carbocycles. The van der Waals surface area contributed by atoms with Crippen molar-refractivity contribution in [3.05, 3.63) is 27.6 Å². The molecule has 3 amide bonds. The summed E-state index contributed by atoms with van der Waals surface area (Å²) in [7, 11) is 0. The Bertz CT molecular complexity index is 942. The van der Waals surface area contributed by atoms with Crippen LogP contribution in [0.25, 0.3) is 10.2 Å². The molecule has 3 N–H and O–H groups in total. The molecule has 0 radical (unpaired) electrons. The Labute approximate surface area is 159 Å². The molecular weight excluding hydrogens is 370 g/mol. The Balaban J connectivity index is 1.53. The minimum absolute atomic E-state index is 0.151. The molecule has 0 unspecified atom stereocenters. The first-order valence-electron chi connectivity index (χ1n) is 8.64. The molecular formula is C17H21N5O4S. The maximum atomic E-state index is 12.4. The first kappa shape index (κ1) is 19.0. The maximum absolute atomic E-state index is 12.4. The Morgan fingerprint density at radius 1 is 1.33 bits per heavy atom. The van der Waals surface area contributed by atoms with Crippen LogP contribution in [0.2, 0.25) is 0 Å². The highest BCUT2D eigenvalue weighted by Gasteiger charge is 2.25. The van der Waals surface area contributed by atoms with E-state index >= 15 is 0 Å². The van der Waals surface area contributed by atoms with E-state index in [2.05, 4.69) is 10.3 Å². The van der Waals surface area contributed by atoms with Crippen molar-refractivity contribution in [3.63, 3.8) is 0 Å². The molecule has 3 heterocycles. The van der Waals surface area contributed by atoms with Crippen molar-refractivity contribution < 1.29 is 14.4 Å². The van der Waals surface area contributed by atoms with Crippen molar-refractivity contribution in [2.24, 2.45) is 11.7 Å². The average molecular weight is 391 g/mol. The van der Waals surface area contributed by atoms with E-state index in [4.69, 9.17) is 5.73 Å². The zero-order chi connectivity index (χ0) is 19.6. The van der Waals surface area contributed by atoms with Crippen LogP contribution < -0.4 is 16.6 Å². The zero-order valence-electron chi connectivity index (χ0n) is 14.9. The lowest BCUT2D eigenvalue weighted by molar-refractivity contribution is -0.135. The van der Waals surface area contributed by atoms with Gasteiger partial charge in [0.05, 0.1) is 18.3 Å². The van der Waals surface area contributed by atoms with Crippen molar-refractivity contribution in [1.29, 1.82) is 0 Å². The van der Waals surface area contributed by atoms with Gasteiger partial charge in [-0.05, 0) is 25.8 Å². The minimum Gasteiger partial charge on any atom is -0.369 e. The van der Waals surface area contributed by atoms with E-state index in [1.807, 2.05) is 6.92 Å². The van der Waals surface area contributed by atoms with Gasteiger partial charge in [-0.2, -0.15) is 0 Å². The van der Waals surface area contributed by atoms with E-state index < -0.39 is 5.91 Å². The predicted molar refractivity (Wildman–Crippen MR) is 100 cm³/mol. The van der Waals surface area contributed by atoms with Crippen molar-refractivity contribution in [2.75, 3.05) is 19.6 Å². The standard InChI is InChI=1S/C17H21N5O4S/c1-10-6-12-16(27-10)20-9-22(17(12)26)8-13(23)19-7-14(24)21-4-2-11(3-5-21)15(18)25/h6,9,11H,2-5,7-8H2,1H3,(H2,18,25)(H,19,23). The molecule has 2 aromatic rings. The number of primary amides is 1. The molecule has 9 nitrogen and oxygen atoms in total. The summed E-state index contributed by atoms with van der Waals surface area (Å²) in [6.45, 7) is 2.43. The number of nitrogens with two attached hydrogens (primary N) is 1. The Morgan fingerprint density at radius 2 is 2.04 bits per heavy atom. The number of nitrogens with zero attached hydrogens (tertiary/aromatic N) is 3. The van der Waals surface area contributed by atoms with E-state index in [0.717, 1.165) is 4.88 Å². The van der Waals surface area contributed by atoms with Gasteiger partial charge in [-0.1, -0.05) is 0 Å². The fourth-order valence-corrected chi connectivity index (χ4v) is 3.94. The van der Waals surface area contributed by atoms with Gasteiger partial charge in [-0.3, -0.25) is 23.7 Å². The fraction of sp³-hybridized carbons (Fsp3) is 0.471. The van der Waals surface area contributed by atoms with E-state index in [-0.39, 0.29) is 36.4 Å².